The van der Waals surface area contributed by atoms with Crippen LogP contribution < -0.4 is 16.0 Å². The fourth-order valence-electron chi connectivity index (χ4n) is 3.33. The van der Waals surface area contributed by atoms with E-state index in [0.29, 0.717) is 34.6 Å². The van der Waals surface area contributed by atoms with Crippen molar-refractivity contribution in [2.45, 2.75) is 32.7 Å². The zero-order valence-corrected chi connectivity index (χ0v) is 16.5. The van der Waals surface area contributed by atoms with Gasteiger partial charge >= 0.3 is 5.69 Å². The molecule has 0 radical (unpaired) electrons. The minimum absolute atomic E-state index is 0.260. The van der Waals surface area contributed by atoms with Gasteiger partial charge in [0.1, 0.15) is 5.75 Å². The smallest absolute Gasteiger partial charge is 0.331 e. The van der Waals surface area contributed by atoms with E-state index in [1.54, 1.807) is 20.2 Å². The van der Waals surface area contributed by atoms with E-state index in [0.717, 1.165) is 24.0 Å². The molecule has 0 atom stereocenters. The van der Waals surface area contributed by atoms with Crippen LogP contribution in [0.2, 0.25) is 5.02 Å². The third-order valence-corrected chi connectivity index (χ3v) is 5.09. The number of benzene rings is 2. The molecule has 3 aromatic rings. The third-order valence-electron chi connectivity index (χ3n) is 4.84. The van der Waals surface area contributed by atoms with Crippen molar-refractivity contribution in [2.75, 3.05) is 7.11 Å². The van der Waals surface area contributed by atoms with E-state index in [1.165, 1.54) is 9.13 Å². The lowest BCUT2D eigenvalue weighted by Crippen LogP contribution is -2.39. The maximum atomic E-state index is 13.2. The van der Waals surface area contributed by atoms with Gasteiger partial charge in [-0.15, -0.1) is 0 Å². The van der Waals surface area contributed by atoms with Crippen molar-refractivity contribution < 1.29 is 4.74 Å². The number of halogens is 1. The summed E-state index contributed by atoms with van der Waals surface area (Å²) in [5, 5.41) is 1.19. The topological polar surface area (TPSA) is 53.2 Å². The Morgan fingerprint density at radius 2 is 1.78 bits per heavy atom. The van der Waals surface area contributed by atoms with Gasteiger partial charge in [0.2, 0.25) is 0 Å². The van der Waals surface area contributed by atoms with Gasteiger partial charge in [0.05, 0.1) is 18.0 Å². The lowest BCUT2D eigenvalue weighted by Gasteiger charge is -2.16. The Kier molecular flexibility index (Phi) is 5.71. The molecule has 0 unspecified atom stereocenters. The van der Waals surface area contributed by atoms with E-state index in [1.807, 2.05) is 37.3 Å². The SMILES string of the molecule is CCCCn1c(=O)c2c(Cc3ccc(Cl)cc3)c(OC)ccc2n(C)c1=O. The normalized spacial score (nSPS) is 11.1. The van der Waals surface area contributed by atoms with Gasteiger partial charge in [-0.25, -0.2) is 4.79 Å². The van der Waals surface area contributed by atoms with Crippen molar-refractivity contribution in [1.82, 2.24) is 9.13 Å². The standard InChI is InChI=1S/C21H23ClN2O3/c1-4-5-12-24-20(25)19-16(13-14-6-8-15(22)9-7-14)18(27-3)11-10-17(19)23(2)21(24)26/h6-11H,4-5,12-13H2,1-3H3. The molecule has 142 valence electrons. The first-order valence-corrected chi connectivity index (χ1v) is 9.39. The fraction of sp³-hybridized carbons (Fsp3) is 0.333. The quantitative estimate of drug-likeness (QED) is 0.648. The van der Waals surface area contributed by atoms with E-state index in [2.05, 4.69) is 0 Å². The monoisotopic (exact) mass is 386 g/mol. The van der Waals surface area contributed by atoms with Crippen LogP contribution in [0.15, 0.2) is 46.0 Å². The summed E-state index contributed by atoms with van der Waals surface area (Å²) in [6, 6.07) is 11.1. The second-order valence-corrected chi connectivity index (χ2v) is 7.03. The van der Waals surface area contributed by atoms with E-state index >= 15 is 0 Å². The van der Waals surface area contributed by atoms with Gasteiger partial charge in [-0.1, -0.05) is 37.1 Å². The van der Waals surface area contributed by atoms with Gasteiger partial charge in [-0.3, -0.25) is 13.9 Å². The predicted molar refractivity (Wildman–Crippen MR) is 109 cm³/mol. The third kappa shape index (κ3) is 3.65. The van der Waals surface area contributed by atoms with Gasteiger partial charge in [-0.2, -0.15) is 0 Å². The Morgan fingerprint density at radius 1 is 1.07 bits per heavy atom. The first-order valence-electron chi connectivity index (χ1n) is 9.01. The Hall–Kier alpha value is -2.53. The summed E-state index contributed by atoms with van der Waals surface area (Å²) >= 11 is 5.98. The van der Waals surface area contributed by atoms with Crippen LogP contribution in [0.3, 0.4) is 0 Å². The van der Waals surface area contributed by atoms with E-state index in [9.17, 15) is 9.59 Å². The van der Waals surface area contributed by atoms with Crippen LogP contribution in [0.1, 0.15) is 30.9 Å². The zero-order valence-electron chi connectivity index (χ0n) is 15.8. The van der Waals surface area contributed by atoms with Gasteiger partial charge in [0, 0.05) is 30.6 Å². The summed E-state index contributed by atoms with van der Waals surface area (Å²) < 4.78 is 8.40. The second-order valence-electron chi connectivity index (χ2n) is 6.60. The number of ether oxygens (including phenoxy) is 1. The largest absolute Gasteiger partial charge is 0.496 e. The summed E-state index contributed by atoms with van der Waals surface area (Å²) in [6.07, 6.45) is 2.19. The van der Waals surface area contributed by atoms with Crippen LogP contribution in [-0.4, -0.2) is 16.2 Å². The first kappa shape index (κ1) is 19.2. The number of aryl methyl sites for hydroxylation is 1. The van der Waals surface area contributed by atoms with Gasteiger partial charge in [0.25, 0.3) is 5.56 Å². The number of aromatic nitrogens is 2. The highest BCUT2D eigenvalue weighted by atomic mass is 35.5. The van der Waals surface area contributed by atoms with Crippen LogP contribution in [0, 0.1) is 0 Å². The maximum absolute atomic E-state index is 13.2. The number of rotatable bonds is 6. The predicted octanol–water partition coefficient (Wildman–Crippen LogP) is 3.75. The molecule has 0 aliphatic heterocycles. The molecule has 2 aromatic carbocycles. The lowest BCUT2D eigenvalue weighted by molar-refractivity contribution is 0.411. The molecule has 0 aliphatic carbocycles. The number of hydrogen-bond acceptors (Lipinski definition) is 3. The Labute approximate surface area is 162 Å². The number of fused-ring (bicyclic) bond motifs is 1. The van der Waals surface area contributed by atoms with Crippen molar-refractivity contribution in [3.8, 4) is 5.75 Å². The summed E-state index contributed by atoms with van der Waals surface area (Å²) in [5.41, 5.74) is 1.86. The zero-order chi connectivity index (χ0) is 19.6. The number of hydrogen-bond donors (Lipinski definition) is 0. The molecular formula is C21H23ClN2O3. The molecule has 1 aromatic heterocycles. The Morgan fingerprint density at radius 3 is 2.41 bits per heavy atom. The number of nitrogens with zero attached hydrogens (tertiary/aromatic N) is 2. The molecule has 1 heterocycles. The molecule has 0 aliphatic rings. The van der Waals surface area contributed by atoms with Gasteiger partial charge < -0.3 is 4.74 Å². The number of unbranched alkanes of at least 4 members (excludes halogenated alkanes) is 1. The van der Waals surface area contributed by atoms with Crippen molar-refractivity contribution in [2.24, 2.45) is 7.05 Å². The average molecular weight is 387 g/mol. The van der Waals surface area contributed by atoms with Crippen molar-refractivity contribution >= 4 is 22.5 Å². The maximum Gasteiger partial charge on any atom is 0.331 e. The average Bonchev–Trinajstić information content (AvgIpc) is 2.67. The molecule has 6 heteroatoms. The molecule has 0 amide bonds. The van der Waals surface area contributed by atoms with Crippen LogP contribution in [0.4, 0.5) is 0 Å². The Balaban J connectivity index is 2.29. The van der Waals surface area contributed by atoms with Crippen molar-refractivity contribution in [3.63, 3.8) is 0 Å². The van der Waals surface area contributed by atoms with Crippen LogP contribution in [0.5, 0.6) is 5.75 Å². The van der Waals surface area contributed by atoms with Crippen LogP contribution in [-0.2, 0) is 20.0 Å². The van der Waals surface area contributed by atoms with Crippen molar-refractivity contribution in [3.05, 3.63) is 73.4 Å². The molecule has 3 rings (SSSR count). The van der Waals surface area contributed by atoms with Crippen LogP contribution in [0.25, 0.3) is 10.9 Å². The highest BCUT2D eigenvalue weighted by molar-refractivity contribution is 6.30. The number of methoxy groups -OCH3 is 1. The van der Waals surface area contributed by atoms with Gasteiger partial charge in [-0.05, 0) is 36.2 Å². The van der Waals surface area contributed by atoms with Crippen LogP contribution >= 0.6 is 11.6 Å². The van der Waals surface area contributed by atoms with E-state index in [-0.39, 0.29) is 11.2 Å². The molecule has 0 saturated heterocycles. The summed E-state index contributed by atoms with van der Waals surface area (Å²) in [7, 11) is 3.29. The molecular weight excluding hydrogens is 364 g/mol. The molecule has 0 spiro atoms. The summed E-state index contributed by atoms with van der Waals surface area (Å²) in [5.74, 6) is 0.634. The molecule has 0 saturated carbocycles. The summed E-state index contributed by atoms with van der Waals surface area (Å²) in [4.78, 5) is 25.9. The van der Waals surface area contributed by atoms with Crippen molar-refractivity contribution in [1.29, 1.82) is 0 Å². The molecule has 0 N–H and O–H groups in total. The van der Waals surface area contributed by atoms with E-state index < -0.39 is 0 Å². The highest BCUT2D eigenvalue weighted by Gasteiger charge is 2.18. The minimum atomic E-state index is -0.288. The molecule has 0 fully saturated rings. The van der Waals surface area contributed by atoms with E-state index in [4.69, 9.17) is 16.3 Å². The fourth-order valence-corrected chi connectivity index (χ4v) is 3.45. The second kappa shape index (κ2) is 8.01. The molecule has 0 bridgehead atoms. The first-order chi connectivity index (χ1) is 13.0. The lowest BCUT2D eigenvalue weighted by atomic mass is 10.00. The minimum Gasteiger partial charge on any atom is -0.496 e. The van der Waals surface area contributed by atoms with Gasteiger partial charge in [0.15, 0.2) is 0 Å². The summed E-state index contributed by atoms with van der Waals surface area (Å²) in [6.45, 7) is 2.45. The molecule has 27 heavy (non-hydrogen) atoms. The highest BCUT2D eigenvalue weighted by Crippen LogP contribution is 2.28. The Bertz CT molecular complexity index is 1080. The molecule has 5 nitrogen and oxygen atoms in total.